The fourth-order valence-corrected chi connectivity index (χ4v) is 2.33. The largest absolute Gasteiger partial charge is 0.394 e. The van der Waals surface area contributed by atoms with Crippen molar-refractivity contribution in [1.82, 2.24) is 9.55 Å². The molecule has 3 unspecified atom stereocenters. The Morgan fingerprint density at radius 2 is 2.50 bits per heavy atom. The van der Waals surface area contributed by atoms with E-state index in [2.05, 4.69) is 26.9 Å². The number of anilines is 1. The van der Waals surface area contributed by atoms with Crippen molar-refractivity contribution in [2.75, 3.05) is 19.1 Å². The van der Waals surface area contributed by atoms with E-state index in [-0.39, 0.29) is 19.2 Å². The number of azide groups is 1. The standard InChI is InChI=1S/C14H18N6O4/c1-2-3-4-9-6-20(14(22)18-13(9)15)12-5-10(11(7-21)24-12)23-8-17-19-16/h6,10-12,21H,2,5,7-8H2,1H3,(H2,15,18,22). The molecule has 0 aromatic carbocycles. The van der Waals surface area contributed by atoms with E-state index < -0.39 is 24.1 Å². The first kappa shape index (κ1) is 17.8. The molecule has 1 aromatic heterocycles. The molecule has 128 valence electrons. The highest BCUT2D eigenvalue weighted by Gasteiger charge is 2.37. The van der Waals surface area contributed by atoms with Gasteiger partial charge in [0.1, 0.15) is 24.9 Å². The zero-order valence-corrected chi connectivity index (χ0v) is 13.1. The Labute approximate surface area is 137 Å². The summed E-state index contributed by atoms with van der Waals surface area (Å²) in [6.07, 6.45) is 0.584. The summed E-state index contributed by atoms with van der Waals surface area (Å²) in [6.45, 7) is 1.41. The van der Waals surface area contributed by atoms with Gasteiger partial charge in [0.15, 0.2) is 0 Å². The first-order valence-corrected chi connectivity index (χ1v) is 7.37. The van der Waals surface area contributed by atoms with Crippen LogP contribution in [0.5, 0.6) is 0 Å². The lowest BCUT2D eigenvalue weighted by Gasteiger charge is -2.15. The van der Waals surface area contributed by atoms with Crippen LogP contribution in [0.3, 0.4) is 0 Å². The molecule has 10 heteroatoms. The minimum Gasteiger partial charge on any atom is -0.394 e. The first-order valence-electron chi connectivity index (χ1n) is 7.37. The SMILES string of the molecule is CCC#Cc1cn(C2CC(OCN=[N+]=[N-])C(CO)O2)c(=O)nc1N. The number of aliphatic hydroxyl groups excluding tert-OH is 1. The van der Waals surface area contributed by atoms with Crippen molar-refractivity contribution in [2.24, 2.45) is 5.11 Å². The number of aliphatic hydroxyl groups is 1. The van der Waals surface area contributed by atoms with Gasteiger partial charge >= 0.3 is 5.69 Å². The summed E-state index contributed by atoms with van der Waals surface area (Å²) < 4.78 is 12.3. The third-order valence-corrected chi connectivity index (χ3v) is 3.46. The zero-order valence-electron chi connectivity index (χ0n) is 13.1. The van der Waals surface area contributed by atoms with Crippen molar-refractivity contribution in [1.29, 1.82) is 0 Å². The van der Waals surface area contributed by atoms with Crippen LogP contribution in [0.2, 0.25) is 0 Å². The van der Waals surface area contributed by atoms with Crippen molar-refractivity contribution in [2.45, 2.75) is 38.2 Å². The molecule has 2 heterocycles. The molecule has 1 fully saturated rings. The maximum absolute atomic E-state index is 12.1. The summed E-state index contributed by atoms with van der Waals surface area (Å²) in [5.41, 5.74) is 13.8. The molecule has 0 aliphatic carbocycles. The van der Waals surface area contributed by atoms with Crippen molar-refractivity contribution in [3.05, 3.63) is 32.7 Å². The number of aromatic nitrogens is 2. The fourth-order valence-electron chi connectivity index (χ4n) is 2.33. The lowest BCUT2D eigenvalue weighted by Crippen LogP contribution is -2.29. The highest BCUT2D eigenvalue weighted by atomic mass is 16.6. The average molecular weight is 334 g/mol. The first-order chi connectivity index (χ1) is 11.6. The van der Waals surface area contributed by atoms with Crippen molar-refractivity contribution in [3.63, 3.8) is 0 Å². The summed E-state index contributed by atoms with van der Waals surface area (Å²) in [5, 5.41) is 12.7. The maximum Gasteiger partial charge on any atom is 0.351 e. The van der Waals surface area contributed by atoms with Crippen molar-refractivity contribution < 1.29 is 14.6 Å². The second-order valence-corrected chi connectivity index (χ2v) is 5.00. The lowest BCUT2D eigenvalue weighted by molar-refractivity contribution is -0.0612. The molecular formula is C14H18N6O4. The molecule has 0 bridgehead atoms. The van der Waals surface area contributed by atoms with Crippen LogP contribution in [0, 0.1) is 11.8 Å². The second kappa shape index (κ2) is 8.33. The summed E-state index contributed by atoms with van der Waals surface area (Å²) in [6, 6.07) is 0. The van der Waals surface area contributed by atoms with E-state index >= 15 is 0 Å². The van der Waals surface area contributed by atoms with Crippen LogP contribution < -0.4 is 11.4 Å². The van der Waals surface area contributed by atoms with Gasteiger partial charge in [0.25, 0.3) is 0 Å². The second-order valence-electron chi connectivity index (χ2n) is 5.00. The van der Waals surface area contributed by atoms with E-state index in [1.54, 1.807) is 0 Å². The molecule has 1 aromatic rings. The lowest BCUT2D eigenvalue weighted by atomic mass is 10.2. The van der Waals surface area contributed by atoms with E-state index in [4.69, 9.17) is 20.7 Å². The van der Waals surface area contributed by atoms with Gasteiger partial charge in [0, 0.05) is 24.0 Å². The molecule has 1 saturated heterocycles. The Bertz CT molecular complexity index is 746. The van der Waals surface area contributed by atoms with Gasteiger partial charge in [-0.05, 0) is 5.53 Å². The number of nitrogens with zero attached hydrogens (tertiary/aromatic N) is 5. The molecule has 0 spiro atoms. The number of hydrogen-bond donors (Lipinski definition) is 2. The van der Waals surface area contributed by atoms with Gasteiger partial charge in [-0.3, -0.25) is 4.57 Å². The van der Waals surface area contributed by atoms with Crippen LogP contribution in [0.25, 0.3) is 10.4 Å². The molecule has 2 rings (SSSR count). The van der Waals surface area contributed by atoms with E-state index in [9.17, 15) is 9.90 Å². The van der Waals surface area contributed by atoms with Gasteiger partial charge < -0.3 is 20.3 Å². The molecule has 0 amide bonds. The third-order valence-electron chi connectivity index (χ3n) is 3.46. The minimum absolute atomic E-state index is 0.0602. The molecule has 1 aliphatic rings. The smallest absolute Gasteiger partial charge is 0.351 e. The predicted molar refractivity (Wildman–Crippen MR) is 84.6 cm³/mol. The van der Waals surface area contributed by atoms with Crippen LogP contribution in [-0.4, -0.2) is 40.2 Å². The normalized spacial score (nSPS) is 22.5. The highest BCUT2D eigenvalue weighted by molar-refractivity contribution is 5.48. The summed E-state index contributed by atoms with van der Waals surface area (Å²) in [7, 11) is 0. The average Bonchev–Trinajstić information content (AvgIpc) is 2.97. The molecule has 3 N–H and O–H groups in total. The molecule has 0 saturated carbocycles. The highest BCUT2D eigenvalue weighted by Crippen LogP contribution is 2.30. The Morgan fingerprint density at radius 1 is 1.71 bits per heavy atom. The number of nitrogens with two attached hydrogens (primary N) is 1. The summed E-state index contributed by atoms with van der Waals surface area (Å²) in [5.74, 6) is 5.77. The van der Waals surface area contributed by atoms with Crippen LogP contribution in [0.4, 0.5) is 5.82 Å². The van der Waals surface area contributed by atoms with E-state index in [0.29, 0.717) is 18.4 Å². The fraction of sp³-hybridized carbons (Fsp3) is 0.571. The van der Waals surface area contributed by atoms with Crippen LogP contribution >= 0.6 is 0 Å². The van der Waals surface area contributed by atoms with Crippen LogP contribution in [0.15, 0.2) is 16.1 Å². The zero-order chi connectivity index (χ0) is 17.5. The monoisotopic (exact) mass is 334 g/mol. The minimum atomic E-state index is -0.680. The molecule has 1 aliphatic heterocycles. The Morgan fingerprint density at radius 3 is 3.17 bits per heavy atom. The van der Waals surface area contributed by atoms with Crippen molar-refractivity contribution >= 4 is 5.82 Å². The van der Waals surface area contributed by atoms with Crippen LogP contribution in [0.1, 0.15) is 31.6 Å². The number of ether oxygens (including phenoxy) is 2. The summed E-state index contributed by atoms with van der Waals surface area (Å²) in [4.78, 5) is 18.4. The molecule has 10 nitrogen and oxygen atoms in total. The van der Waals surface area contributed by atoms with Gasteiger partial charge in [-0.1, -0.05) is 23.9 Å². The van der Waals surface area contributed by atoms with Crippen LogP contribution in [-0.2, 0) is 9.47 Å². The van der Waals surface area contributed by atoms with Gasteiger partial charge in [0.2, 0.25) is 0 Å². The maximum atomic E-state index is 12.1. The third kappa shape index (κ3) is 4.04. The molecule has 0 radical (unpaired) electrons. The number of nitrogen functional groups attached to an aromatic ring is 1. The van der Waals surface area contributed by atoms with Gasteiger partial charge in [-0.25, -0.2) is 4.79 Å². The molecule has 3 atom stereocenters. The number of rotatable bonds is 5. The Kier molecular flexibility index (Phi) is 6.17. The quantitative estimate of drug-likeness (QED) is 0.347. The topological polar surface area (TPSA) is 148 Å². The molecular weight excluding hydrogens is 316 g/mol. The van der Waals surface area contributed by atoms with Crippen molar-refractivity contribution in [3.8, 4) is 11.8 Å². The van der Waals surface area contributed by atoms with E-state index in [0.717, 1.165) is 0 Å². The number of hydrogen-bond acceptors (Lipinski definition) is 7. The predicted octanol–water partition coefficient (Wildman–Crippen LogP) is 0.520. The van der Waals surface area contributed by atoms with Gasteiger partial charge in [0.05, 0.1) is 18.3 Å². The van der Waals surface area contributed by atoms with Gasteiger partial charge in [-0.2, -0.15) is 4.98 Å². The van der Waals surface area contributed by atoms with E-state index in [1.165, 1.54) is 10.8 Å². The molecule has 24 heavy (non-hydrogen) atoms. The Hall–Kier alpha value is -2.57. The van der Waals surface area contributed by atoms with E-state index in [1.807, 2.05) is 6.92 Å². The summed E-state index contributed by atoms with van der Waals surface area (Å²) >= 11 is 0. The van der Waals surface area contributed by atoms with Gasteiger partial charge in [-0.15, -0.1) is 0 Å². The Balaban J connectivity index is 2.25.